The predicted octanol–water partition coefficient (Wildman–Crippen LogP) is 2.44. The van der Waals surface area contributed by atoms with Gasteiger partial charge in [-0.2, -0.15) is 5.10 Å². The Morgan fingerprint density at radius 3 is 2.89 bits per heavy atom. The van der Waals surface area contributed by atoms with Crippen LogP contribution in [0.1, 0.15) is 35.5 Å². The highest BCUT2D eigenvalue weighted by Crippen LogP contribution is 2.21. The van der Waals surface area contributed by atoms with Crippen LogP contribution in [0.5, 0.6) is 0 Å². The molecule has 1 N–H and O–H groups in total. The van der Waals surface area contributed by atoms with Crippen LogP contribution in [0, 0.1) is 13.8 Å². The van der Waals surface area contributed by atoms with Crippen LogP contribution in [-0.4, -0.2) is 14.9 Å². The normalized spacial score (nSPS) is 12.6. The molecule has 0 fully saturated rings. The van der Waals surface area contributed by atoms with Crippen LogP contribution in [0.15, 0.2) is 23.5 Å². The second-order valence-electron chi connectivity index (χ2n) is 4.35. The molecule has 96 valence electrons. The van der Waals surface area contributed by atoms with Gasteiger partial charge < -0.3 is 9.84 Å². The van der Waals surface area contributed by atoms with Gasteiger partial charge in [0, 0.05) is 36.1 Å². The van der Waals surface area contributed by atoms with Crippen LogP contribution in [0.2, 0.25) is 0 Å². The maximum absolute atomic E-state index is 5.17. The number of nitrogens with one attached hydrogen (secondary N) is 1. The Morgan fingerprint density at radius 1 is 1.56 bits per heavy atom. The minimum atomic E-state index is 0.198. The summed E-state index contributed by atoms with van der Waals surface area (Å²) >= 11 is 0. The van der Waals surface area contributed by atoms with Crippen LogP contribution < -0.4 is 5.32 Å². The number of nitrogens with zero attached hydrogens (tertiary/aromatic N) is 3. The van der Waals surface area contributed by atoms with Crippen molar-refractivity contribution in [3.63, 3.8) is 0 Å². The SMILES string of the molecule is C=Cn1cc(CNC(C)c2c(C)noc2C)cn1. The van der Waals surface area contributed by atoms with E-state index in [1.165, 1.54) is 0 Å². The van der Waals surface area contributed by atoms with E-state index in [2.05, 4.69) is 29.1 Å². The van der Waals surface area contributed by atoms with Gasteiger partial charge in [-0.25, -0.2) is 4.68 Å². The van der Waals surface area contributed by atoms with Gasteiger partial charge in [-0.15, -0.1) is 0 Å². The van der Waals surface area contributed by atoms with Crippen molar-refractivity contribution in [1.82, 2.24) is 20.3 Å². The maximum atomic E-state index is 5.17. The summed E-state index contributed by atoms with van der Waals surface area (Å²) in [5.74, 6) is 0.870. The van der Waals surface area contributed by atoms with Gasteiger partial charge in [0.1, 0.15) is 5.76 Å². The molecule has 0 spiro atoms. The second-order valence-corrected chi connectivity index (χ2v) is 4.35. The van der Waals surface area contributed by atoms with Crippen LogP contribution in [0.3, 0.4) is 0 Å². The number of hydrogen-bond donors (Lipinski definition) is 1. The molecule has 0 aliphatic heterocycles. The second kappa shape index (κ2) is 5.18. The summed E-state index contributed by atoms with van der Waals surface area (Å²) in [6.07, 6.45) is 5.44. The van der Waals surface area contributed by atoms with E-state index in [9.17, 15) is 0 Å². The molecule has 5 nitrogen and oxygen atoms in total. The quantitative estimate of drug-likeness (QED) is 0.880. The van der Waals surface area contributed by atoms with Gasteiger partial charge in [-0.05, 0) is 20.8 Å². The monoisotopic (exact) mass is 246 g/mol. The van der Waals surface area contributed by atoms with Crippen molar-refractivity contribution < 1.29 is 4.52 Å². The molecule has 0 amide bonds. The Bertz CT molecular complexity index is 521. The molecular weight excluding hydrogens is 228 g/mol. The molecule has 0 aliphatic rings. The van der Waals surface area contributed by atoms with Crippen LogP contribution >= 0.6 is 0 Å². The van der Waals surface area contributed by atoms with E-state index in [0.717, 1.165) is 29.1 Å². The molecule has 0 aromatic carbocycles. The third-order valence-electron chi connectivity index (χ3n) is 2.98. The Balaban J connectivity index is 2.00. The van der Waals surface area contributed by atoms with Crippen molar-refractivity contribution in [1.29, 1.82) is 0 Å². The predicted molar refractivity (Wildman–Crippen MR) is 69.8 cm³/mol. The van der Waals surface area contributed by atoms with E-state index in [1.54, 1.807) is 10.9 Å². The van der Waals surface area contributed by atoms with Gasteiger partial charge in [0.05, 0.1) is 11.9 Å². The van der Waals surface area contributed by atoms with E-state index in [0.29, 0.717) is 0 Å². The molecular formula is C13H18N4O. The summed E-state index contributed by atoms with van der Waals surface area (Å²) in [5, 5.41) is 11.5. The lowest BCUT2D eigenvalue weighted by molar-refractivity contribution is 0.390. The molecule has 2 aromatic rings. The van der Waals surface area contributed by atoms with Crippen LogP contribution in [0.4, 0.5) is 0 Å². The summed E-state index contributed by atoms with van der Waals surface area (Å²) in [7, 11) is 0. The fraction of sp³-hybridized carbons (Fsp3) is 0.385. The Hall–Kier alpha value is -1.88. The van der Waals surface area contributed by atoms with Gasteiger partial charge in [0.15, 0.2) is 0 Å². The molecule has 0 radical (unpaired) electrons. The van der Waals surface area contributed by atoms with Crippen LogP contribution in [-0.2, 0) is 6.54 Å². The van der Waals surface area contributed by atoms with Crippen molar-refractivity contribution in [2.75, 3.05) is 0 Å². The number of aryl methyl sites for hydroxylation is 2. The van der Waals surface area contributed by atoms with Gasteiger partial charge in [0.2, 0.25) is 0 Å². The summed E-state index contributed by atoms with van der Waals surface area (Å²) in [6, 6.07) is 0.198. The Morgan fingerprint density at radius 2 is 2.33 bits per heavy atom. The minimum Gasteiger partial charge on any atom is -0.361 e. The standard InChI is InChI=1S/C13H18N4O/c1-5-17-8-12(7-15-17)6-14-9(2)13-10(3)16-18-11(13)4/h5,7-9,14H,1,6H2,2-4H3. The molecule has 0 saturated carbocycles. The highest BCUT2D eigenvalue weighted by atomic mass is 16.5. The Labute approximate surface area is 106 Å². The maximum Gasteiger partial charge on any atom is 0.138 e. The average molecular weight is 246 g/mol. The van der Waals surface area contributed by atoms with Crippen molar-refractivity contribution >= 4 is 6.20 Å². The zero-order valence-electron chi connectivity index (χ0n) is 11.0. The largest absolute Gasteiger partial charge is 0.361 e. The Kier molecular flexibility index (Phi) is 3.62. The first-order valence-electron chi connectivity index (χ1n) is 5.93. The zero-order valence-corrected chi connectivity index (χ0v) is 11.0. The first-order valence-corrected chi connectivity index (χ1v) is 5.93. The smallest absolute Gasteiger partial charge is 0.138 e. The third kappa shape index (κ3) is 2.51. The van der Waals surface area contributed by atoms with Crippen molar-refractivity contribution in [3.05, 3.63) is 41.6 Å². The molecule has 2 rings (SSSR count). The average Bonchev–Trinajstić information content (AvgIpc) is 2.93. The number of aromatic nitrogens is 3. The van der Waals surface area contributed by atoms with E-state index in [1.807, 2.05) is 26.2 Å². The molecule has 1 atom stereocenters. The van der Waals surface area contributed by atoms with E-state index in [4.69, 9.17) is 4.52 Å². The van der Waals surface area contributed by atoms with E-state index >= 15 is 0 Å². The molecule has 5 heteroatoms. The summed E-state index contributed by atoms with van der Waals surface area (Å²) in [4.78, 5) is 0. The van der Waals surface area contributed by atoms with Gasteiger partial charge in [0.25, 0.3) is 0 Å². The fourth-order valence-corrected chi connectivity index (χ4v) is 2.05. The first kappa shape index (κ1) is 12.6. The van der Waals surface area contributed by atoms with Gasteiger partial charge in [-0.3, -0.25) is 0 Å². The molecule has 0 saturated heterocycles. The molecule has 1 unspecified atom stereocenters. The van der Waals surface area contributed by atoms with Crippen LogP contribution in [0.25, 0.3) is 6.20 Å². The van der Waals surface area contributed by atoms with Crippen molar-refractivity contribution in [2.24, 2.45) is 0 Å². The summed E-state index contributed by atoms with van der Waals surface area (Å²) in [6.45, 7) is 10.4. The molecule has 2 aromatic heterocycles. The van der Waals surface area contributed by atoms with E-state index in [-0.39, 0.29) is 6.04 Å². The lowest BCUT2D eigenvalue weighted by atomic mass is 10.1. The summed E-state index contributed by atoms with van der Waals surface area (Å²) < 4.78 is 6.86. The molecule has 2 heterocycles. The van der Waals surface area contributed by atoms with Gasteiger partial charge >= 0.3 is 0 Å². The lowest BCUT2D eigenvalue weighted by Gasteiger charge is -2.12. The highest BCUT2D eigenvalue weighted by molar-refractivity contribution is 5.24. The number of rotatable bonds is 5. The molecule has 0 bridgehead atoms. The molecule has 18 heavy (non-hydrogen) atoms. The van der Waals surface area contributed by atoms with E-state index < -0.39 is 0 Å². The topological polar surface area (TPSA) is 55.9 Å². The number of hydrogen-bond acceptors (Lipinski definition) is 4. The van der Waals surface area contributed by atoms with Gasteiger partial charge in [-0.1, -0.05) is 11.7 Å². The molecule has 0 aliphatic carbocycles. The highest BCUT2D eigenvalue weighted by Gasteiger charge is 2.15. The fourth-order valence-electron chi connectivity index (χ4n) is 2.05. The summed E-state index contributed by atoms with van der Waals surface area (Å²) in [5.41, 5.74) is 3.19. The third-order valence-corrected chi connectivity index (χ3v) is 2.98. The first-order chi connectivity index (χ1) is 8.61. The van der Waals surface area contributed by atoms with Crippen molar-refractivity contribution in [2.45, 2.75) is 33.4 Å². The zero-order chi connectivity index (χ0) is 13.1. The van der Waals surface area contributed by atoms with Crippen molar-refractivity contribution in [3.8, 4) is 0 Å². The minimum absolute atomic E-state index is 0.198. The lowest BCUT2D eigenvalue weighted by Crippen LogP contribution is -2.18.